The second-order valence-corrected chi connectivity index (χ2v) is 13.9. The van der Waals surface area contributed by atoms with Gasteiger partial charge in [-0.2, -0.15) is 0 Å². The topological polar surface area (TPSA) is 89.8 Å². The van der Waals surface area contributed by atoms with Gasteiger partial charge in [0, 0.05) is 0 Å². The summed E-state index contributed by atoms with van der Waals surface area (Å²) in [6.07, 6.45) is 45.6. The Kier molecular flexibility index (Phi) is 36.3. The fourth-order valence-electron chi connectivity index (χ4n) is 6.00. The summed E-state index contributed by atoms with van der Waals surface area (Å²) in [5.41, 5.74) is 0. The van der Waals surface area contributed by atoms with Gasteiger partial charge in [-0.1, -0.05) is 172 Å². The van der Waals surface area contributed by atoms with Crippen LogP contribution in [-0.2, 0) is 4.79 Å². The number of allylic oxidation sites excluding steroid dienone is 5. The van der Waals surface area contributed by atoms with E-state index < -0.39 is 18.2 Å². The van der Waals surface area contributed by atoms with Gasteiger partial charge < -0.3 is 20.6 Å². The van der Waals surface area contributed by atoms with E-state index in [0.717, 1.165) is 44.9 Å². The zero-order valence-corrected chi connectivity index (χ0v) is 31.2. The highest BCUT2D eigenvalue weighted by molar-refractivity contribution is 5.76. The zero-order valence-electron chi connectivity index (χ0n) is 31.2. The van der Waals surface area contributed by atoms with Crippen LogP contribution in [0.25, 0.3) is 0 Å². The lowest BCUT2D eigenvalue weighted by molar-refractivity contribution is -0.124. The predicted molar refractivity (Wildman–Crippen MR) is 204 cm³/mol. The Balaban J connectivity index is 3.75. The highest BCUT2D eigenvalue weighted by atomic mass is 16.3. The van der Waals surface area contributed by atoms with Gasteiger partial charge in [0.15, 0.2) is 0 Å². The summed E-state index contributed by atoms with van der Waals surface area (Å²) in [6.45, 7) is 4.18. The summed E-state index contributed by atoms with van der Waals surface area (Å²) in [7, 11) is 0. The number of nitrogens with one attached hydrogen (secondary N) is 1. The van der Waals surface area contributed by atoms with Crippen LogP contribution in [0.15, 0.2) is 36.5 Å². The van der Waals surface area contributed by atoms with Gasteiger partial charge in [0.2, 0.25) is 5.91 Å². The summed E-state index contributed by atoms with van der Waals surface area (Å²) in [5, 5.41) is 33.1. The van der Waals surface area contributed by atoms with Gasteiger partial charge in [-0.3, -0.25) is 4.79 Å². The van der Waals surface area contributed by atoms with Crippen LogP contribution in [0.1, 0.15) is 200 Å². The number of rotatable bonds is 36. The molecule has 3 atom stereocenters. The highest BCUT2D eigenvalue weighted by Crippen LogP contribution is 2.14. The lowest BCUT2D eigenvalue weighted by atomic mass is 10.0. The number of hydrogen-bond acceptors (Lipinski definition) is 4. The van der Waals surface area contributed by atoms with Gasteiger partial charge in [-0.15, -0.1) is 0 Å². The van der Waals surface area contributed by atoms with Gasteiger partial charge in [0.1, 0.15) is 0 Å². The second kappa shape index (κ2) is 37.4. The van der Waals surface area contributed by atoms with E-state index in [-0.39, 0.29) is 18.9 Å². The first-order valence-corrected chi connectivity index (χ1v) is 20.3. The van der Waals surface area contributed by atoms with Crippen LogP contribution >= 0.6 is 0 Å². The Hall–Kier alpha value is -1.43. The minimum atomic E-state index is -0.952. The van der Waals surface area contributed by atoms with Crippen molar-refractivity contribution in [3.8, 4) is 0 Å². The van der Waals surface area contributed by atoms with Crippen LogP contribution in [-0.4, -0.2) is 46.1 Å². The highest BCUT2D eigenvalue weighted by Gasteiger charge is 2.20. The number of aliphatic hydroxyl groups is 3. The molecule has 0 bridgehead atoms. The van der Waals surface area contributed by atoms with E-state index in [1.807, 2.05) is 6.08 Å². The molecule has 0 aliphatic heterocycles. The average molecular weight is 662 g/mol. The molecule has 1 amide bonds. The Morgan fingerprint density at radius 2 is 0.915 bits per heavy atom. The fraction of sp³-hybridized carbons (Fsp3) is 0.833. The molecule has 0 aliphatic carbocycles. The molecule has 3 unspecified atom stereocenters. The number of unbranched alkanes of at least 4 members (excludes halogenated alkanes) is 23. The minimum Gasteiger partial charge on any atom is -0.394 e. The van der Waals surface area contributed by atoms with E-state index in [0.29, 0.717) is 6.42 Å². The molecule has 0 aromatic heterocycles. The van der Waals surface area contributed by atoms with Crippen molar-refractivity contribution in [2.24, 2.45) is 0 Å². The van der Waals surface area contributed by atoms with Crippen molar-refractivity contribution in [1.29, 1.82) is 0 Å². The molecule has 276 valence electrons. The van der Waals surface area contributed by atoms with E-state index in [1.54, 1.807) is 6.08 Å². The van der Waals surface area contributed by atoms with E-state index in [4.69, 9.17) is 0 Å². The van der Waals surface area contributed by atoms with Crippen LogP contribution in [0.4, 0.5) is 0 Å². The quantitative estimate of drug-likeness (QED) is 0.0397. The molecule has 0 aromatic rings. The van der Waals surface area contributed by atoms with E-state index >= 15 is 0 Å². The van der Waals surface area contributed by atoms with Crippen molar-refractivity contribution >= 4 is 5.91 Å². The second-order valence-electron chi connectivity index (χ2n) is 13.9. The summed E-state index contributed by atoms with van der Waals surface area (Å²) >= 11 is 0. The lowest BCUT2D eigenvalue weighted by Crippen LogP contribution is -2.45. The van der Waals surface area contributed by atoms with Crippen molar-refractivity contribution in [3.63, 3.8) is 0 Å². The summed E-state index contributed by atoms with van der Waals surface area (Å²) in [5.74, 6) is -0.331. The number of aliphatic hydroxyl groups excluding tert-OH is 3. The van der Waals surface area contributed by atoms with E-state index in [2.05, 4.69) is 43.5 Å². The van der Waals surface area contributed by atoms with Gasteiger partial charge in [-0.25, -0.2) is 0 Å². The third kappa shape index (κ3) is 34.2. The van der Waals surface area contributed by atoms with Gasteiger partial charge in [-0.05, 0) is 57.8 Å². The molecule has 0 fully saturated rings. The number of hydrogen-bond donors (Lipinski definition) is 4. The molecule has 0 rings (SSSR count). The molecule has 0 radical (unpaired) electrons. The Morgan fingerprint density at radius 1 is 0.532 bits per heavy atom. The molecule has 0 aromatic carbocycles. The van der Waals surface area contributed by atoms with Gasteiger partial charge in [0.05, 0.1) is 31.3 Å². The Bertz CT molecular complexity index is 734. The molecule has 0 saturated carbocycles. The van der Waals surface area contributed by atoms with Crippen molar-refractivity contribution in [3.05, 3.63) is 36.5 Å². The van der Waals surface area contributed by atoms with Crippen LogP contribution < -0.4 is 5.32 Å². The first-order chi connectivity index (χ1) is 23.0. The smallest absolute Gasteiger partial charge is 0.222 e. The Labute approximate surface area is 292 Å². The first-order valence-electron chi connectivity index (χ1n) is 20.3. The summed E-state index contributed by atoms with van der Waals surface area (Å²) in [6, 6.07) is -0.761. The van der Waals surface area contributed by atoms with E-state index in [1.165, 1.54) is 128 Å². The van der Waals surface area contributed by atoms with Gasteiger partial charge >= 0.3 is 0 Å². The molecule has 47 heavy (non-hydrogen) atoms. The number of amides is 1. The zero-order chi connectivity index (χ0) is 34.5. The minimum absolute atomic E-state index is 0.000337. The molecule has 0 saturated heterocycles. The fourth-order valence-corrected chi connectivity index (χ4v) is 6.00. The molecule has 4 N–H and O–H groups in total. The Morgan fingerprint density at radius 3 is 1.36 bits per heavy atom. The predicted octanol–water partition coefficient (Wildman–Crippen LogP) is 11.2. The molecule has 5 heteroatoms. The SMILES string of the molecule is CCCCCCCCCC/C=C/CC/C=C/C(O)C(CO)NC(=O)CC(O)CCCCCCC/C=C\CCCCCCCCCCC. The number of carbonyl (C=O) groups excluding carboxylic acids is 1. The summed E-state index contributed by atoms with van der Waals surface area (Å²) in [4.78, 5) is 12.4. The monoisotopic (exact) mass is 662 g/mol. The first kappa shape index (κ1) is 45.6. The molecule has 5 nitrogen and oxygen atoms in total. The number of carbonyl (C=O) groups is 1. The van der Waals surface area contributed by atoms with Crippen molar-refractivity contribution in [2.45, 2.75) is 218 Å². The lowest BCUT2D eigenvalue weighted by Gasteiger charge is -2.20. The molecular formula is C42H79NO4. The third-order valence-electron chi connectivity index (χ3n) is 9.15. The maximum atomic E-state index is 12.4. The molecule has 0 aliphatic rings. The van der Waals surface area contributed by atoms with Crippen LogP contribution in [0.5, 0.6) is 0 Å². The molecular weight excluding hydrogens is 582 g/mol. The van der Waals surface area contributed by atoms with Crippen molar-refractivity contribution in [1.82, 2.24) is 5.32 Å². The van der Waals surface area contributed by atoms with E-state index in [9.17, 15) is 20.1 Å². The van der Waals surface area contributed by atoms with Crippen molar-refractivity contribution in [2.75, 3.05) is 6.61 Å². The van der Waals surface area contributed by atoms with Gasteiger partial charge in [0.25, 0.3) is 0 Å². The largest absolute Gasteiger partial charge is 0.394 e. The maximum Gasteiger partial charge on any atom is 0.222 e. The van der Waals surface area contributed by atoms with Crippen LogP contribution in [0, 0.1) is 0 Å². The third-order valence-corrected chi connectivity index (χ3v) is 9.15. The molecule has 0 spiro atoms. The normalized spacial score (nSPS) is 14.1. The van der Waals surface area contributed by atoms with Crippen LogP contribution in [0.2, 0.25) is 0 Å². The average Bonchev–Trinajstić information content (AvgIpc) is 3.06. The summed E-state index contributed by atoms with van der Waals surface area (Å²) < 4.78 is 0. The van der Waals surface area contributed by atoms with Crippen molar-refractivity contribution < 1.29 is 20.1 Å². The maximum absolute atomic E-state index is 12.4. The molecule has 0 heterocycles. The standard InChI is InChI=1S/C42H79NO4/c1-3-5-7-9-11-13-15-17-19-20-21-22-23-25-27-29-31-33-35-39(45)37-42(47)43-40(38-44)41(46)36-34-32-30-28-26-24-18-16-14-12-10-8-6-4-2/h21-22,26,28,34,36,39-41,44-46H,3-20,23-25,27,29-33,35,37-38H2,1-2H3,(H,43,47)/b22-21-,28-26+,36-34+. The van der Waals surface area contributed by atoms with Crippen LogP contribution in [0.3, 0.4) is 0 Å².